The number of hydrogen-bond donors (Lipinski definition) is 0. The van der Waals surface area contributed by atoms with E-state index >= 15 is 0 Å². The molecule has 3 nitrogen and oxygen atoms in total. The van der Waals surface area contributed by atoms with Crippen LogP contribution in [-0.4, -0.2) is 28.7 Å². The summed E-state index contributed by atoms with van der Waals surface area (Å²) < 4.78 is 0. The third kappa shape index (κ3) is 2.46. The molecule has 0 aliphatic heterocycles. The van der Waals surface area contributed by atoms with E-state index in [0.717, 1.165) is 4.88 Å². The number of alkyl halides is 1. The quantitative estimate of drug-likeness (QED) is 0.697. The average molecular weight is 205 g/mol. The summed E-state index contributed by atoms with van der Waals surface area (Å²) in [7, 11) is 1.73. The Morgan fingerprint density at radius 3 is 3.08 bits per heavy atom. The molecule has 1 amide bonds. The van der Waals surface area contributed by atoms with Crippen LogP contribution in [0.3, 0.4) is 0 Å². The minimum Gasteiger partial charge on any atom is -0.340 e. The molecular weight excluding hydrogens is 196 g/mol. The number of nitrogens with zero attached hydrogens (tertiary/aromatic N) is 2. The lowest BCUT2D eigenvalue weighted by molar-refractivity contribution is -0.127. The summed E-state index contributed by atoms with van der Waals surface area (Å²) >= 11 is 6.91. The van der Waals surface area contributed by atoms with Crippen LogP contribution >= 0.6 is 22.9 Å². The highest BCUT2D eigenvalue weighted by atomic mass is 35.5. The van der Waals surface area contributed by atoms with Crippen molar-refractivity contribution >= 4 is 28.8 Å². The Labute approximate surface area is 80.0 Å². The Bertz CT molecular complexity index is 250. The van der Waals surface area contributed by atoms with Crippen molar-refractivity contribution in [3.63, 3.8) is 0 Å². The van der Waals surface area contributed by atoms with Gasteiger partial charge in [-0.05, 0) is 0 Å². The van der Waals surface area contributed by atoms with E-state index in [1.165, 1.54) is 11.3 Å². The zero-order valence-electron chi connectivity index (χ0n) is 6.66. The van der Waals surface area contributed by atoms with Gasteiger partial charge >= 0.3 is 0 Å². The Morgan fingerprint density at radius 1 is 1.83 bits per heavy atom. The second-order valence-corrected chi connectivity index (χ2v) is 3.59. The SMILES string of the molecule is CN(Cc1cncs1)C(=O)CCl. The zero-order valence-corrected chi connectivity index (χ0v) is 8.23. The molecule has 0 radical (unpaired) electrons. The van der Waals surface area contributed by atoms with E-state index in [1.54, 1.807) is 23.7 Å². The summed E-state index contributed by atoms with van der Waals surface area (Å²) in [5, 5.41) is 0. The first-order valence-corrected chi connectivity index (χ1v) is 4.82. The van der Waals surface area contributed by atoms with Crippen molar-refractivity contribution in [3.05, 3.63) is 16.6 Å². The lowest BCUT2D eigenvalue weighted by Gasteiger charge is -2.13. The fourth-order valence-electron chi connectivity index (χ4n) is 0.744. The van der Waals surface area contributed by atoms with Gasteiger partial charge in [-0.15, -0.1) is 22.9 Å². The number of thiazole rings is 1. The van der Waals surface area contributed by atoms with Gasteiger partial charge in [0.15, 0.2) is 0 Å². The standard InChI is InChI=1S/C7H9ClN2OS/c1-10(7(11)2-8)4-6-3-9-5-12-6/h3,5H,2,4H2,1H3. The minimum atomic E-state index is -0.0648. The number of halogens is 1. The lowest BCUT2D eigenvalue weighted by atomic mass is 10.5. The Kier molecular flexibility index (Phi) is 3.49. The predicted molar refractivity (Wildman–Crippen MR) is 49.3 cm³/mol. The van der Waals surface area contributed by atoms with Crippen molar-refractivity contribution in [2.45, 2.75) is 6.54 Å². The number of carbonyl (C=O) groups is 1. The first-order valence-electron chi connectivity index (χ1n) is 3.41. The van der Waals surface area contributed by atoms with Gasteiger partial charge < -0.3 is 4.90 Å². The Morgan fingerprint density at radius 2 is 2.58 bits per heavy atom. The molecule has 0 aromatic carbocycles. The fourth-order valence-corrected chi connectivity index (χ4v) is 1.60. The molecule has 0 aliphatic rings. The van der Waals surface area contributed by atoms with Gasteiger partial charge in [-0.3, -0.25) is 9.78 Å². The molecule has 12 heavy (non-hydrogen) atoms. The molecule has 66 valence electrons. The van der Waals surface area contributed by atoms with Crippen molar-refractivity contribution in [2.75, 3.05) is 12.9 Å². The van der Waals surface area contributed by atoms with Gasteiger partial charge in [0.1, 0.15) is 5.88 Å². The third-order valence-electron chi connectivity index (χ3n) is 1.42. The summed E-state index contributed by atoms with van der Waals surface area (Å²) in [6.45, 7) is 0.593. The van der Waals surface area contributed by atoms with Crippen molar-refractivity contribution in [1.29, 1.82) is 0 Å². The van der Waals surface area contributed by atoms with Crippen molar-refractivity contribution < 1.29 is 4.79 Å². The molecule has 0 N–H and O–H groups in total. The number of rotatable bonds is 3. The number of amides is 1. The van der Waals surface area contributed by atoms with E-state index < -0.39 is 0 Å². The average Bonchev–Trinajstić information content (AvgIpc) is 2.55. The van der Waals surface area contributed by atoms with Crippen LogP contribution in [0.5, 0.6) is 0 Å². The van der Waals surface area contributed by atoms with E-state index in [4.69, 9.17) is 11.6 Å². The zero-order chi connectivity index (χ0) is 8.97. The minimum absolute atomic E-state index is 0.0370. The van der Waals surface area contributed by atoms with Gasteiger partial charge in [0, 0.05) is 18.1 Å². The highest BCUT2D eigenvalue weighted by Crippen LogP contribution is 2.08. The van der Waals surface area contributed by atoms with E-state index in [0.29, 0.717) is 6.54 Å². The first-order chi connectivity index (χ1) is 5.74. The van der Waals surface area contributed by atoms with E-state index in [1.807, 2.05) is 0 Å². The van der Waals surface area contributed by atoms with E-state index in [-0.39, 0.29) is 11.8 Å². The molecule has 5 heteroatoms. The van der Waals surface area contributed by atoms with Crippen LogP contribution < -0.4 is 0 Å². The molecule has 0 atom stereocenters. The van der Waals surface area contributed by atoms with Gasteiger partial charge in [-0.25, -0.2) is 0 Å². The molecule has 1 aromatic heterocycles. The molecule has 1 aromatic rings. The van der Waals surface area contributed by atoms with Crippen molar-refractivity contribution in [2.24, 2.45) is 0 Å². The Hall–Kier alpha value is -0.610. The molecular formula is C7H9ClN2OS. The van der Waals surface area contributed by atoms with Crippen LogP contribution in [0.2, 0.25) is 0 Å². The van der Waals surface area contributed by atoms with Crippen LogP contribution in [0.25, 0.3) is 0 Å². The predicted octanol–water partition coefficient (Wildman–Crippen LogP) is 1.34. The number of aromatic nitrogens is 1. The molecule has 0 fully saturated rings. The van der Waals surface area contributed by atoms with Gasteiger partial charge in [-0.1, -0.05) is 0 Å². The molecule has 0 bridgehead atoms. The maximum Gasteiger partial charge on any atom is 0.237 e. The monoisotopic (exact) mass is 204 g/mol. The Balaban J connectivity index is 2.47. The summed E-state index contributed by atoms with van der Waals surface area (Å²) in [4.78, 5) is 17.6. The first kappa shape index (κ1) is 9.48. The van der Waals surface area contributed by atoms with E-state index in [2.05, 4.69) is 4.98 Å². The van der Waals surface area contributed by atoms with Gasteiger partial charge in [0.05, 0.1) is 12.1 Å². The molecule has 0 saturated heterocycles. The molecule has 1 rings (SSSR count). The second-order valence-electron chi connectivity index (χ2n) is 2.35. The molecule has 0 saturated carbocycles. The molecule has 0 unspecified atom stereocenters. The highest BCUT2D eigenvalue weighted by Gasteiger charge is 2.07. The van der Waals surface area contributed by atoms with Gasteiger partial charge in [0.25, 0.3) is 0 Å². The van der Waals surface area contributed by atoms with Crippen molar-refractivity contribution in [1.82, 2.24) is 9.88 Å². The van der Waals surface area contributed by atoms with Crippen LogP contribution in [-0.2, 0) is 11.3 Å². The lowest BCUT2D eigenvalue weighted by Crippen LogP contribution is -2.26. The summed E-state index contributed by atoms with van der Waals surface area (Å²) in [5.74, 6) is -0.0277. The largest absolute Gasteiger partial charge is 0.340 e. The molecule has 0 spiro atoms. The second kappa shape index (κ2) is 4.42. The maximum atomic E-state index is 11.0. The number of carbonyl (C=O) groups excluding carboxylic acids is 1. The third-order valence-corrected chi connectivity index (χ3v) is 2.41. The highest BCUT2D eigenvalue weighted by molar-refractivity contribution is 7.09. The smallest absolute Gasteiger partial charge is 0.237 e. The van der Waals surface area contributed by atoms with Crippen molar-refractivity contribution in [3.8, 4) is 0 Å². The van der Waals surface area contributed by atoms with E-state index in [9.17, 15) is 4.79 Å². The summed E-state index contributed by atoms with van der Waals surface area (Å²) in [6, 6.07) is 0. The fraction of sp³-hybridized carbons (Fsp3) is 0.429. The van der Waals surface area contributed by atoms with Crippen LogP contribution in [0.15, 0.2) is 11.7 Å². The van der Waals surface area contributed by atoms with Crippen LogP contribution in [0.1, 0.15) is 4.88 Å². The normalized spacial score (nSPS) is 9.83. The molecule has 0 aliphatic carbocycles. The van der Waals surface area contributed by atoms with Gasteiger partial charge in [0.2, 0.25) is 5.91 Å². The van der Waals surface area contributed by atoms with Crippen LogP contribution in [0.4, 0.5) is 0 Å². The topological polar surface area (TPSA) is 33.2 Å². The summed E-state index contributed by atoms with van der Waals surface area (Å²) in [6.07, 6.45) is 1.75. The van der Waals surface area contributed by atoms with Gasteiger partial charge in [-0.2, -0.15) is 0 Å². The maximum absolute atomic E-state index is 11.0. The number of hydrogen-bond acceptors (Lipinski definition) is 3. The van der Waals surface area contributed by atoms with Crippen LogP contribution in [0, 0.1) is 0 Å². The molecule has 1 heterocycles. The summed E-state index contributed by atoms with van der Waals surface area (Å²) in [5.41, 5.74) is 1.74.